The summed E-state index contributed by atoms with van der Waals surface area (Å²) in [7, 11) is 0. The van der Waals surface area contributed by atoms with Crippen molar-refractivity contribution in [3.05, 3.63) is 69.0 Å². The molecule has 0 aromatic heterocycles. The molecule has 0 radical (unpaired) electrons. The first-order chi connectivity index (χ1) is 9.08. The van der Waals surface area contributed by atoms with Crippen molar-refractivity contribution in [2.45, 2.75) is 6.54 Å². The summed E-state index contributed by atoms with van der Waals surface area (Å²) in [6.45, 7) is 0.202. The minimum atomic E-state index is -0.484. The summed E-state index contributed by atoms with van der Waals surface area (Å²) in [5, 5.41) is 13.6. The van der Waals surface area contributed by atoms with Crippen molar-refractivity contribution < 1.29 is 9.31 Å². The Hall–Kier alpha value is -2.14. The van der Waals surface area contributed by atoms with Crippen LogP contribution in [0.15, 0.2) is 42.5 Å². The molecule has 2 aromatic carbocycles. The van der Waals surface area contributed by atoms with Gasteiger partial charge in [-0.2, -0.15) is 0 Å². The van der Waals surface area contributed by atoms with Crippen LogP contribution in [0.4, 0.5) is 15.8 Å². The van der Waals surface area contributed by atoms with E-state index < -0.39 is 10.7 Å². The highest BCUT2D eigenvalue weighted by molar-refractivity contribution is 6.30. The van der Waals surface area contributed by atoms with E-state index in [1.165, 1.54) is 18.2 Å². The number of nitro groups is 1. The van der Waals surface area contributed by atoms with Crippen molar-refractivity contribution >= 4 is 23.0 Å². The summed E-state index contributed by atoms with van der Waals surface area (Å²) in [5.41, 5.74) is 0.934. The zero-order valence-corrected chi connectivity index (χ0v) is 10.5. The molecule has 0 aliphatic rings. The summed E-state index contributed by atoms with van der Waals surface area (Å²) >= 11 is 5.67. The van der Waals surface area contributed by atoms with Crippen molar-refractivity contribution in [3.63, 3.8) is 0 Å². The lowest BCUT2D eigenvalue weighted by atomic mass is 10.2. The van der Waals surface area contributed by atoms with Crippen molar-refractivity contribution in [2.75, 3.05) is 5.32 Å². The Bertz CT molecular complexity index is 619. The number of non-ortho nitro benzene ring substituents is 1. The standard InChI is InChI=1S/C13H10ClFN2O2/c14-12-6-1-3-9(13(12)15)8-16-10-4-2-5-11(7-10)17(18)19/h1-7,16H,8H2. The average molecular weight is 281 g/mol. The van der Waals surface area contributed by atoms with Crippen LogP contribution >= 0.6 is 11.6 Å². The lowest BCUT2D eigenvalue weighted by molar-refractivity contribution is -0.384. The van der Waals surface area contributed by atoms with Crippen molar-refractivity contribution in [3.8, 4) is 0 Å². The van der Waals surface area contributed by atoms with Gasteiger partial charge in [0.25, 0.3) is 5.69 Å². The monoisotopic (exact) mass is 280 g/mol. The number of hydrogen-bond donors (Lipinski definition) is 1. The van der Waals surface area contributed by atoms with Crippen LogP contribution in [0.5, 0.6) is 0 Å². The van der Waals surface area contributed by atoms with Gasteiger partial charge in [-0.05, 0) is 12.1 Å². The molecule has 1 N–H and O–H groups in total. The fraction of sp³-hybridized carbons (Fsp3) is 0.0769. The third-order valence-electron chi connectivity index (χ3n) is 2.57. The molecule has 0 amide bonds. The summed E-state index contributed by atoms with van der Waals surface area (Å²) in [6.07, 6.45) is 0. The van der Waals surface area contributed by atoms with Crippen molar-refractivity contribution in [2.24, 2.45) is 0 Å². The number of rotatable bonds is 4. The highest BCUT2D eigenvalue weighted by Crippen LogP contribution is 2.21. The summed E-state index contributed by atoms with van der Waals surface area (Å²) in [6, 6.07) is 10.7. The van der Waals surface area contributed by atoms with Crippen LogP contribution in [-0.4, -0.2) is 4.92 Å². The summed E-state index contributed by atoms with van der Waals surface area (Å²) in [5.74, 6) is -0.484. The van der Waals surface area contributed by atoms with E-state index in [2.05, 4.69) is 5.32 Å². The van der Waals surface area contributed by atoms with E-state index in [1.807, 2.05) is 0 Å². The van der Waals surface area contributed by atoms with Gasteiger partial charge in [0.2, 0.25) is 0 Å². The molecule has 98 valence electrons. The second-order valence-electron chi connectivity index (χ2n) is 3.87. The van der Waals surface area contributed by atoms with E-state index >= 15 is 0 Å². The van der Waals surface area contributed by atoms with Crippen LogP contribution in [-0.2, 0) is 6.54 Å². The average Bonchev–Trinajstić information content (AvgIpc) is 2.41. The molecule has 2 aromatic rings. The lowest BCUT2D eigenvalue weighted by Crippen LogP contribution is -2.02. The quantitative estimate of drug-likeness (QED) is 0.680. The fourth-order valence-corrected chi connectivity index (χ4v) is 1.81. The number of anilines is 1. The van der Waals surface area contributed by atoms with Crippen LogP contribution in [0.2, 0.25) is 5.02 Å². The molecule has 2 rings (SSSR count). The third kappa shape index (κ3) is 3.20. The minimum absolute atomic E-state index is 0.0171. The van der Waals surface area contributed by atoms with Crippen LogP contribution in [0.3, 0.4) is 0 Å². The second-order valence-corrected chi connectivity index (χ2v) is 4.28. The molecule has 6 heteroatoms. The van der Waals surface area contributed by atoms with E-state index in [9.17, 15) is 14.5 Å². The Morgan fingerprint density at radius 1 is 1.26 bits per heavy atom. The Kier molecular flexibility index (Phi) is 3.97. The van der Waals surface area contributed by atoms with Gasteiger partial charge in [0.15, 0.2) is 0 Å². The normalized spacial score (nSPS) is 10.2. The van der Waals surface area contributed by atoms with E-state index in [-0.39, 0.29) is 17.3 Å². The van der Waals surface area contributed by atoms with Crippen LogP contribution in [0, 0.1) is 15.9 Å². The summed E-state index contributed by atoms with van der Waals surface area (Å²) < 4.78 is 13.6. The molecule has 0 fully saturated rings. The second kappa shape index (κ2) is 5.67. The van der Waals surface area contributed by atoms with Gasteiger partial charge in [-0.25, -0.2) is 4.39 Å². The number of nitrogens with zero attached hydrogens (tertiary/aromatic N) is 1. The SMILES string of the molecule is O=[N+]([O-])c1cccc(NCc2cccc(Cl)c2F)c1. The Morgan fingerprint density at radius 3 is 2.74 bits per heavy atom. The molecule has 0 unspecified atom stereocenters. The van der Waals surface area contributed by atoms with Gasteiger partial charge in [-0.3, -0.25) is 10.1 Å². The van der Waals surface area contributed by atoms with Gasteiger partial charge >= 0.3 is 0 Å². The van der Waals surface area contributed by atoms with Crippen molar-refractivity contribution in [1.29, 1.82) is 0 Å². The number of benzene rings is 2. The van der Waals surface area contributed by atoms with E-state index in [0.717, 1.165) is 0 Å². The number of nitrogens with one attached hydrogen (secondary N) is 1. The van der Waals surface area contributed by atoms with Gasteiger partial charge in [-0.15, -0.1) is 0 Å². The minimum Gasteiger partial charge on any atom is -0.381 e. The van der Waals surface area contributed by atoms with Crippen LogP contribution < -0.4 is 5.32 Å². The highest BCUT2D eigenvalue weighted by Gasteiger charge is 2.08. The van der Waals surface area contributed by atoms with Gasteiger partial charge < -0.3 is 5.32 Å². The van der Waals surface area contributed by atoms with Gasteiger partial charge in [0.05, 0.1) is 9.95 Å². The van der Waals surface area contributed by atoms with Crippen LogP contribution in [0.1, 0.15) is 5.56 Å². The maximum Gasteiger partial charge on any atom is 0.271 e. The Balaban J connectivity index is 2.12. The summed E-state index contributed by atoms with van der Waals surface area (Å²) in [4.78, 5) is 10.1. The molecule has 0 heterocycles. The van der Waals surface area contributed by atoms with E-state index in [4.69, 9.17) is 11.6 Å². The van der Waals surface area contributed by atoms with E-state index in [0.29, 0.717) is 11.3 Å². The first-order valence-electron chi connectivity index (χ1n) is 5.49. The molecule has 0 aliphatic carbocycles. The van der Waals surface area contributed by atoms with Crippen molar-refractivity contribution in [1.82, 2.24) is 0 Å². The number of hydrogen-bond acceptors (Lipinski definition) is 3. The Labute approximate surface area is 114 Å². The van der Waals surface area contributed by atoms with Crippen LogP contribution in [0.25, 0.3) is 0 Å². The molecule has 0 spiro atoms. The number of nitro benzene ring substituents is 1. The first kappa shape index (κ1) is 13.3. The van der Waals surface area contributed by atoms with Gasteiger partial charge in [-0.1, -0.05) is 29.8 Å². The third-order valence-corrected chi connectivity index (χ3v) is 2.86. The van der Waals surface area contributed by atoms with E-state index in [1.54, 1.807) is 24.3 Å². The Morgan fingerprint density at radius 2 is 2.00 bits per heavy atom. The zero-order valence-electron chi connectivity index (χ0n) is 9.77. The molecule has 0 saturated heterocycles. The molecular weight excluding hydrogens is 271 g/mol. The maximum atomic E-state index is 13.6. The van der Waals surface area contributed by atoms with Gasteiger partial charge in [0, 0.05) is 29.9 Å². The number of halogens is 2. The molecule has 19 heavy (non-hydrogen) atoms. The predicted octanol–water partition coefficient (Wildman–Crippen LogP) is 4.00. The lowest BCUT2D eigenvalue weighted by Gasteiger charge is -2.08. The fourth-order valence-electron chi connectivity index (χ4n) is 1.61. The zero-order chi connectivity index (χ0) is 13.8. The molecule has 4 nitrogen and oxygen atoms in total. The molecule has 0 aliphatic heterocycles. The predicted molar refractivity (Wildman–Crippen MR) is 71.8 cm³/mol. The molecule has 0 atom stereocenters. The molecule has 0 saturated carbocycles. The smallest absolute Gasteiger partial charge is 0.271 e. The topological polar surface area (TPSA) is 55.2 Å². The van der Waals surface area contributed by atoms with Gasteiger partial charge in [0.1, 0.15) is 5.82 Å². The molecule has 0 bridgehead atoms. The highest BCUT2D eigenvalue weighted by atomic mass is 35.5. The molecular formula is C13H10ClFN2O2. The largest absolute Gasteiger partial charge is 0.381 e. The maximum absolute atomic E-state index is 13.6. The first-order valence-corrected chi connectivity index (χ1v) is 5.87.